The lowest BCUT2D eigenvalue weighted by Gasteiger charge is -2.26. The Labute approximate surface area is 180 Å². The number of nitrogens with zero attached hydrogens (tertiary/aromatic N) is 4. The van der Waals surface area contributed by atoms with E-state index in [4.69, 9.17) is 0 Å². The summed E-state index contributed by atoms with van der Waals surface area (Å²) < 4.78 is 0. The summed E-state index contributed by atoms with van der Waals surface area (Å²) in [6.45, 7) is 3.58. The zero-order valence-electron chi connectivity index (χ0n) is 16.6. The lowest BCUT2D eigenvalue weighted by Crippen LogP contribution is -2.44. The van der Waals surface area contributed by atoms with Crippen LogP contribution < -0.4 is 10.6 Å². The fraction of sp³-hybridized carbons (Fsp3) is 0.632. The molecule has 27 heavy (non-hydrogen) atoms. The highest BCUT2D eigenvalue weighted by Gasteiger charge is 2.30. The van der Waals surface area contributed by atoms with E-state index in [9.17, 15) is 4.79 Å². The Bertz CT molecular complexity index is 581. The van der Waals surface area contributed by atoms with E-state index in [0.29, 0.717) is 0 Å². The van der Waals surface area contributed by atoms with Crippen LogP contribution in [0, 0.1) is 0 Å². The number of carbonyl (C=O) groups is 1. The number of aromatic nitrogens is 1. The average molecular weight is 488 g/mol. The molecule has 0 aliphatic carbocycles. The van der Waals surface area contributed by atoms with Gasteiger partial charge in [-0.3, -0.25) is 19.7 Å². The summed E-state index contributed by atoms with van der Waals surface area (Å²) in [4.78, 5) is 24.8. The van der Waals surface area contributed by atoms with Crippen LogP contribution in [0.3, 0.4) is 0 Å². The van der Waals surface area contributed by atoms with E-state index in [1.54, 1.807) is 11.9 Å². The monoisotopic (exact) mass is 488 g/mol. The van der Waals surface area contributed by atoms with Crippen LogP contribution in [-0.2, 0) is 11.2 Å². The minimum Gasteiger partial charge on any atom is -0.356 e. The summed E-state index contributed by atoms with van der Waals surface area (Å²) in [5.41, 5.74) is 1.07. The first-order valence-corrected chi connectivity index (χ1v) is 9.41. The van der Waals surface area contributed by atoms with Crippen molar-refractivity contribution in [2.45, 2.75) is 31.7 Å². The van der Waals surface area contributed by atoms with Gasteiger partial charge in [0.1, 0.15) is 0 Å². The van der Waals surface area contributed by atoms with Crippen molar-refractivity contribution < 1.29 is 4.79 Å². The number of likely N-dealkylation sites (N-methyl/N-ethyl adjacent to an activating group) is 1. The summed E-state index contributed by atoms with van der Waals surface area (Å²) >= 11 is 0. The third-order valence-electron chi connectivity index (χ3n) is 4.63. The fourth-order valence-corrected chi connectivity index (χ4v) is 3.24. The van der Waals surface area contributed by atoms with Crippen molar-refractivity contribution in [1.82, 2.24) is 25.4 Å². The molecule has 1 amide bonds. The molecule has 1 aliphatic heterocycles. The van der Waals surface area contributed by atoms with Crippen LogP contribution in [-0.4, -0.2) is 80.0 Å². The zero-order chi connectivity index (χ0) is 18.8. The molecule has 1 atom stereocenters. The van der Waals surface area contributed by atoms with Crippen molar-refractivity contribution in [3.8, 4) is 0 Å². The highest BCUT2D eigenvalue weighted by atomic mass is 127. The zero-order valence-corrected chi connectivity index (χ0v) is 19.0. The Balaban J connectivity index is 0.00000364. The molecule has 2 heterocycles. The predicted octanol–water partition coefficient (Wildman–Crippen LogP) is 1.35. The Kier molecular flexibility index (Phi) is 11.3. The third-order valence-corrected chi connectivity index (χ3v) is 4.63. The predicted molar refractivity (Wildman–Crippen MR) is 121 cm³/mol. The highest BCUT2D eigenvalue weighted by Crippen LogP contribution is 2.18. The van der Waals surface area contributed by atoms with Gasteiger partial charge in [0.2, 0.25) is 5.91 Å². The first-order chi connectivity index (χ1) is 12.6. The summed E-state index contributed by atoms with van der Waals surface area (Å²) in [6, 6.07) is 6.01. The van der Waals surface area contributed by atoms with Gasteiger partial charge in [0, 0.05) is 59.1 Å². The van der Waals surface area contributed by atoms with Crippen molar-refractivity contribution in [3.05, 3.63) is 30.1 Å². The van der Waals surface area contributed by atoms with Gasteiger partial charge in [0.05, 0.1) is 6.04 Å². The lowest BCUT2D eigenvalue weighted by molar-refractivity contribution is -0.133. The molecule has 1 aromatic rings. The van der Waals surface area contributed by atoms with Gasteiger partial charge in [-0.05, 0) is 37.9 Å². The van der Waals surface area contributed by atoms with Gasteiger partial charge >= 0.3 is 0 Å². The summed E-state index contributed by atoms with van der Waals surface area (Å²) in [7, 11) is 5.45. The second-order valence-corrected chi connectivity index (χ2v) is 6.78. The molecule has 152 valence electrons. The van der Waals surface area contributed by atoms with Crippen molar-refractivity contribution in [2.75, 3.05) is 47.3 Å². The largest absolute Gasteiger partial charge is 0.356 e. The number of aliphatic imine (C=N–C) groups is 1. The molecule has 7 nitrogen and oxygen atoms in total. The summed E-state index contributed by atoms with van der Waals surface area (Å²) in [5.74, 6) is 1.03. The molecule has 8 heteroatoms. The Morgan fingerprint density at radius 1 is 1.33 bits per heavy atom. The molecular formula is C19H33IN6O. The maximum atomic E-state index is 12.2. The number of amides is 1. The van der Waals surface area contributed by atoms with Crippen molar-refractivity contribution in [2.24, 2.45) is 4.99 Å². The van der Waals surface area contributed by atoms with Gasteiger partial charge < -0.3 is 15.5 Å². The molecule has 0 saturated carbocycles. The normalized spacial score (nSPS) is 17.3. The van der Waals surface area contributed by atoms with E-state index in [-0.39, 0.29) is 35.9 Å². The molecule has 1 unspecified atom stereocenters. The van der Waals surface area contributed by atoms with Crippen molar-refractivity contribution in [3.63, 3.8) is 0 Å². The smallest absolute Gasteiger partial charge is 0.239 e. The van der Waals surface area contributed by atoms with Gasteiger partial charge in [-0.25, -0.2) is 0 Å². The summed E-state index contributed by atoms with van der Waals surface area (Å²) in [6.07, 6.45) is 5.74. The second kappa shape index (κ2) is 12.9. The van der Waals surface area contributed by atoms with Crippen LogP contribution in [0.1, 0.15) is 25.0 Å². The minimum atomic E-state index is 0. The minimum absolute atomic E-state index is 0. The number of rotatable bonds is 8. The van der Waals surface area contributed by atoms with Crippen LogP contribution in [0.4, 0.5) is 0 Å². The molecule has 2 N–H and O–H groups in total. The maximum Gasteiger partial charge on any atom is 0.239 e. The quantitative estimate of drug-likeness (QED) is 0.250. The third kappa shape index (κ3) is 8.00. The van der Waals surface area contributed by atoms with E-state index in [1.807, 2.05) is 38.5 Å². The molecule has 0 aromatic carbocycles. The molecular weight excluding hydrogens is 455 g/mol. The molecule has 0 bridgehead atoms. The van der Waals surface area contributed by atoms with E-state index in [1.165, 1.54) is 0 Å². The second-order valence-electron chi connectivity index (χ2n) is 6.78. The topological polar surface area (TPSA) is 72.9 Å². The first kappa shape index (κ1) is 23.6. The number of halogens is 1. The Morgan fingerprint density at radius 2 is 2.11 bits per heavy atom. The van der Waals surface area contributed by atoms with Crippen LogP contribution in [0.15, 0.2) is 29.4 Å². The van der Waals surface area contributed by atoms with Gasteiger partial charge in [0.15, 0.2) is 5.96 Å². The van der Waals surface area contributed by atoms with Crippen LogP contribution >= 0.6 is 24.0 Å². The van der Waals surface area contributed by atoms with E-state index in [0.717, 1.165) is 63.5 Å². The number of likely N-dealkylation sites (tertiary alicyclic amines) is 1. The lowest BCUT2D eigenvalue weighted by atomic mass is 10.2. The van der Waals surface area contributed by atoms with Crippen molar-refractivity contribution in [1.29, 1.82) is 0 Å². The molecule has 2 rings (SSSR count). The molecule has 0 radical (unpaired) electrons. The Hall–Kier alpha value is -1.42. The van der Waals surface area contributed by atoms with Crippen molar-refractivity contribution >= 4 is 35.8 Å². The molecule has 0 spiro atoms. The number of hydrogen-bond acceptors (Lipinski definition) is 4. The van der Waals surface area contributed by atoms with E-state index < -0.39 is 0 Å². The fourth-order valence-electron chi connectivity index (χ4n) is 3.24. The summed E-state index contributed by atoms with van der Waals surface area (Å²) in [5, 5.41) is 6.66. The number of pyridine rings is 1. The number of hydrogen-bond donors (Lipinski definition) is 2. The van der Waals surface area contributed by atoms with Gasteiger partial charge in [0.25, 0.3) is 0 Å². The van der Waals surface area contributed by atoms with Gasteiger partial charge in [-0.1, -0.05) is 6.07 Å². The molecule has 1 aromatic heterocycles. The molecule has 1 saturated heterocycles. The molecule has 1 aliphatic rings. The SMILES string of the molecule is CN=C(NCCCN1CCCC1C(=O)N(C)C)NCCc1ccccn1.I. The number of nitrogens with one attached hydrogen (secondary N) is 2. The number of carbonyl (C=O) groups excluding carboxylic acids is 1. The molecule has 1 fully saturated rings. The van der Waals surface area contributed by atoms with E-state index in [2.05, 4.69) is 25.5 Å². The van der Waals surface area contributed by atoms with Gasteiger partial charge in [-0.15, -0.1) is 24.0 Å². The van der Waals surface area contributed by atoms with Crippen LogP contribution in [0.2, 0.25) is 0 Å². The maximum absolute atomic E-state index is 12.2. The first-order valence-electron chi connectivity index (χ1n) is 9.41. The van der Waals surface area contributed by atoms with Gasteiger partial charge in [-0.2, -0.15) is 0 Å². The van der Waals surface area contributed by atoms with Crippen LogP contribution in [0.25, 0.3) is 0 Å². The standard InChI is InChI=1S/C19H32N6O.HI/c1-20-19(23-13-10-16-8-4-5-11-21-16)22-12-7-15-25-14-6-9-17(25)18(26)24(2)3;/h4-5,8,11,17H,6-7,9-10,12-15H2,1-3H3,(H2,20,22,23);1H. The number of guanidine groups is 1. The average Bonchev–Trinajstić information content (AvgIpc) is 3.12. The highest BCUT2D eigenvalue weighted by molar-refractivity contribution is 14.0. The van der Waals surface area contributed by atoms with Crippen LogP contribution in [0.5, 0.6) is 0 Å². The van der Waals surface area contributed by atoms with E-state index >= 15 is 0 Å². The Morgan fingerprint density at radius 3 is 2.78 bits per heavy atom.